The third-order valence-electron chi connectivity index (χ3n) is 4.34. The molecule has 0 aliphatic carbocycles. The predicted molar refractivity (Wildman–Crippen MR) is 113 cm³/mol. The number of anilines is 2. The SMILES string of the molecule is CCN(CC)C(=O)c1cnc2nc(C)ccc2c1Nc1cc(Cl)ccc1F.Cl. The number of rotatable bonds is 5. The minimum Gasteiger partial charge on any atom is -0.352 e. The van der Waals surface area contributed by atoms with Crippen molar-refractivity contribution in [3.8, 4) is 0 Å². The summed E-state index contributed by atoms with van der Waals surface area (Å²) in [4.78, 5) is 23.4. The zero-order valence-electron chi connectivity index (χ0n) is 15.8. The molecule has 0 saturated heterocycles. The topological polar surface area (TPSA) is 58.1 Å². The van der Waals surface area contributed by atoms with E-state index >= 15 is 0 Å². The van der Waals surface area contributed by atoms with Crippen LogP contribution in [0.2, 0.25) is 5.02 Å². The third-order valence-corrected chi connectivity index (χ3v) is 4.57. The third kappa shape index (κ3) is 4.34. The summed E-state index contributed by atoms with van der Waals surface area (Å²) in [5.74, 6) is -0.648. The second-order valence-corrected chi connectivity index (χ2v) is 6.53. The highest BCUT2D eigenvalue weighted by Crippen LogP contribution is 2.31. The van der Waals surface area contributed by atoms with Crippen molar-refractivity contribution in [3.05, 3.63) is 58.6 Å². The van der Waals surface area contributed by atoms with E-state index in [9.17, 15) is 9.18 Å². The Balaban J connectivity index is 0.00000280. The number of amides is 1. The van der Waals surface area contributed by atoms with Gasteiger partial charge in [-0.15, -0.1) is 12.4 Å². The van der Waals surface area contributed by atoms with Gasteiger partial charge in [-0.2, -0.15) is 0 Å². The minimum atomic E-state index is -0.467. The van der Waals surface area contributed by atoms with Crippen molar-refractivity contribution in [1.82, 2.24) is 14.9 Å². The first-order valence-electron chi connectivity index (χ1n) is 8.72. The molecule has 0 aliphatic rings. The Hall–Kier alpha value is -2.44. The highest BCUT2D eigenvalue weighted by Gasteiger charge is 2.21. The molecule has 0 spiro atoms. The number of hydrogen-bond acceptors (Lipinski definition) is 4. The maximum atomic E-state index is 14.3. The maximum Gasteiger partial charge on any atom is 0.257 e. The van der Waals surface area contributed by atoms with Crippen LogP contribution in [0.3, 0.4) is 0 Å². The summed E-state index contributed by atoms with van der Waals surface area (Å²) in [7, 11) is 0. The average Bonchev–Trinajstić information content (AvgIpc) is 2.65. The summed E-state index contributed by atoms with van der Waals surface area (Å²) in [6.45, 7) is 6.80. The van der Waals surface area contributed by atoms with Crippen molar-refractivity contribution >= 4 is 52.3 Å². The summed E-state index contributed by atoms with van der Waals surface area (Å²) in [6.07, 6.45) is 1.49. The second kappa shape index (κ2) is 9.17. The summed E-state index contributed by atoms with van der Waals surface area (Å²) in [5.41, 5.74) is 2.29. The molecule has 2 aromatic heterocycles. The fraction of sp³-hybridized carbons (Fsp3) is 0.250. The lowest BCUT2D eigenvalue weighted by Crippen LogP contribution is -2.31. The van der Waals surface area contributed by atoms with Crippen LogP contribution in [0.25, 0.3) is 11.0 Å². The lowest BCUT2D eigenvalue weighted by molar-refractivity contribution is 0.0773. The van der Waals surface area contributed by atoms with E-state index in [-0.39, 0.29) is 24.0 Å². The van der Waals surface area contributed by atoms with Gasteiger partial charge >= 0.3 is 0 Å². The van der Waals surface area contributed by atoms with E-state index in [0.717, 1.165) is 5.69 Å². The number of aryl methyl sites for hydroxylation is 1. The van der Waals surface area contributed by atoms with Gasteiger partial charge in [0.1, 0.15) is 5.82 Å². The number of aromatic nitrogens is 2. The summed E-state index contributed by atoms with van der Waals surface area (Å²) in [6, 6.07) is 7.89. The van der Waals surface area contributed by atoms with Crippen LogP contribution in [0, 0.1) is 12.7 Å². The minimum absolute atomic E-state index is 0. The van der Waals surface area contributed by atoms with E-state index in [1.807, 2.05) is 32.9 Å². The summed E-state index contributed by atoms with van der Waals surface area (Å²) >= 11 is 6.01. The van der Waals surface area contributed by atoms with Crippen LogP contribution in [0.1, 0.15) is 29.9 Å². The maximum absolute atomic E-state index is 14.3. The van der Waals surface area contributed by atoms with Crippen LogP contribution < -0.4 is 5.32 Å². The van der Waals surface area contributed by atoms with Gasteiger partial charge < -0.3 is 10.2 Å². The van der Waals surface area contributed by atoms with Crippen molar-refractivity contribution in [2.75, 3.05) is 18.4 Å². The number of carbonyl (C=O) groups is 1. The number of fused-ring (bicyclic) bond motifs is 1. The number of pyridine rings is 2. The molecule has 0 unspecified atom stereocenters. The van der Waals surface area contributed by atoms with Crippen LogP contribution in [-0.2, 0) is 0 Å². The standard InChI is InChI=1S/C20H20ClFN4O.ClH/c1-4-26(5-2)20(27)15-11-23-19-14(8-6-12(3)24-19)18(15)25-17-10-13(21)7-9-16(17)22;/h6-11H,4-5H2,1-3H3,(H,23,24,25);1H. The molecule has 0 bridgehead atoms. The van der Waals surface area contributed by atoms with Crippen LogP contribution in [0.15, 0.2) is 36.5 Å². The lowest BCUT2D eigenvalue weighted by Gasteiger charge is -2.21. The van der Waals surface area contributed by atoms with Crippen molar-refractivity contribution in [2.45, 2.75) is 20.8 Å². The van der Waals surface area contributed by atoms with Crippen LogP contribution in [-0.4, -0.2) is 33.9 Å². The van der Waals surface area contributed by atoms with Gasteiger partial charge in [-0.05, 0) is 51.1 Å². The molecule has 2 heterocycles. The van der Waals surface area contributed by atoms with E-state index in [0.29, 0.717) is 40.4 Å². The van der Waals surface area contributed by atoms with Gasteiger partial charge in [0.25, 0.3) is 5.91 Å². The first-order chi connectivity index (χ1) is 12.9. The molecule has 3 aromatic rings. The van der Waals surface area contributed by atoms with E-state index in [1.165, 1.54) is 24.4 Å². The first-order valence-corrected chi connectivity index (χ1v) is 9.10. The quantitative estimate of drug-likeness (QED) is 0.599. The van der Waals surface area contributed by atoms with E-state index < -0.39 is 5.82 Å². The zero-order chi connectivity index (χ0) is 19.6. The molecule has 28 heavy (non-hydrogen) atoms. The van der Waals surface area contributed by atoms with Crippen LogP contribution in [0.4, 0.5) is 15.8 Å². The lowest BCUT2D eigenvalue weighted by atomic mass is 10.1. The molecule has 0 atom stereocenters. The monoisotopic (exact) mass is 422 g/mol. The van der Waals surface area contributed by atoms with Gasteiger partial charge in [0.2, 0.25) is 0 Å². The van der Waals surface area contributed by atoms with Gasteiger partial charge in [0.15, 0.2) is 5.65 Å². The normalized spacial score (nSPS) is 10.5. The molecule has 1 aromatic carbocycles. The highest BCUT2D eigenvalue weighted by molar-refractivity contribution is 6.30. The Morgan fingerprint density at radius 3 is 2.61 bits per heavy atom. The molecule has 3 rings (SSSR count). The van der Waals surface area contributed by atoms with Gasteiger partial charge in [0.05, 0.1) is 16.9 Å². The first kappa shape index (κ1) is 21.9. The molecule has 5 nitrogen and oxygen atoms in total. The van der Waals surface area contributed by atoms with Gasteiger partial charge in [0, 0.05) is 35.4 Å². The van der Waals surface area contributed by atoms with E-state index in [4.69, 9.17) is 11.6 Å². The number of nitrogens with one attached hydrogen (secondary N) is 1. The Kier molecular flexibility index (Phi) is 7.16. The molecular formula is C20H21Cl2FN4O. The zero-order valence-corrected chi connectivity index (χ0v) is 17.4. The smallest absolute Gasteiger partial charge is 0.257 e. The molecule has 0 saturated carbocycles. The number of halogens is 3. The molecule has 8 heteroatoms. The molecule has 0 fully saturated rings. The molecular weight excluding hydrogens is 402 g/mol. The average molecular weight is 423 g/mol. The number of hydrogen-bond donors (Lipinski definition) is 1. The van der Waals surface area contributed by atoms with Crippen molar-refractivity contribution in [1.29, 1.82) is 0 Å². The summed E-state index contributed by atoms with van der Waals surface area (Å²) < 4.78 is 14.3. The Morgan fingerprint density at radius 1 is 1.21 bits per heavy atom. The second-order valence-electron chi connectivity index (χ2n) is 6.10. The predicted octanol–water partition coefficient (Wildman–Crippen LogP) is 5.38. The van der Waals surface area contributed by atoms with E-state index in [1.54, 1.807) is 4.90 Å². The van der Waals surface area contributed by atoms with Crippen molar-refractivity contribution in [3.63, 3.8) is 0 Å². The van der Waals surface area contributed by atoms with E-state index in [2.05, 4.69) is 15.3 Å². The van der Waals surface area contributed by atoms with Crippen molar-refractivity contribution in [2.24, 2.45) is 0 Å². The van der Waals surface area contributed by atoms with Gasteiger partial charge in [-0.1, -0.05) is 11.6 Å². The Bertz CT molecular complexity index is 1010. The largest absolute Gasteiger partial charge is 0.352 e. The number of nitrogens with zero attached hydrogens (tertiary/aromatic N) is 3. The van der Waals surface area contributed by atoms with Gasteiger partial charge in [-0.3, -0.25) is 4.79 Å². The molecule has 148 valence electrons. The number of carbonyl (C=O) groups excluding carboxylic acids is 1. The molecule has 0 aliphatic heterocycles. The Morgan fingerprint density at radius 2 is 1.93 bits per heavy atom. The molecule has 1 N–H and O–H groups in total. The fourth-order valence-corrected chi connectivity index (χ4v) is 3.05. The Labute approximate surface area is 174 Å². The van der Waals surface area contributed by atoms with Gasteiger partial charge in [-0.25, -0.2) is 14.4 Å². The van der Waals surface area contributed by atoms with Crippen LogP contribution in [0.5, 0.6) is 0 Å². The number of benzene rings is 1. The fourth-order valence-electron chi connectivity index (χ4n) is 2.88. The highest BCUT2D eigenvalue weighted by atomic mass is 35.5. The summed E-state index contributed by atoms with van der Waals surface area (Å²) in [5, 5.41) is 4.07. The van der Waals surface area contributed by atoms with Crippen molar-refractivity contribution < 1.29 is 9.18 Å². The van der Waals surface area contributed by atoms with Crippen LogP contribution >= 0.6 is 24.0 Å². The molecule has 0 radical (unpaired) electrons. The molecule has 1 amide bonds.